The number of aromatic nitrogens is 2. The first-order chi connectivity index (χ1) is 17.9. The number of aliphatic hydroxyl groups is 1. The minimum Gasteiger partial charge on any atom is -0.395 e. The van der Waals surface area contributed by atoms with Crippen LogP contribution in [0, 0.1) is 25.5 Å². The fraction of sp³-hybridized carbons (Fsp3) is 0.310. The molecular weight excluding hydrogens is 492 g/mol. The van der Waals surface area contributed by atoms with Crippen LogP contribution >= 0.6 is 11.3 Å². The average Bonchev–Trinajstić information content (AvgIpc) is 3.31. The number of aryl methyl sites for hydroxylation is 2. The molecule has 4 aromatic rings. The van der Waals surface area contributed by atoms with Gasteiger partial charge < -0.3 is 10.0 Å². The Morgan fingerprint density at radius 1 is 1.05 bits per heavy atom. The first-order valence-corrected chi connectivity index (χ1v) is 13.3. The van der Waals surface area contributed by atoms with Gasteiger partial charge in [0.15, 0.2) is 0 Å². The zero-order chi connectivity index (χ0) is 26.1. The minimum absolute atomic E-state index is 0.135. The molecule has 0 bridgehead atoms. The first kappa shape index (κ1) is 25.4. The van der Waals surface area contributed by atoms with Gasteiger partial charge in [-0.05, 0) is 69.1 Å². The van der Waals surface area contributed by atoms with Gasteiger partial charge in [0, 0.05) is 41.9 Å². The molecule has 2 aromatic heterocycles. The summed E-state index contributed by atoms with van der Waals surface area (Å²) in [7, 11) is 0. The number of rotatable bonds is 6. The van der Waals surface area contributed by atoms with Gasteiger partial charge in [0.1, 0.15) is 11.6 Å². The maximum Gasteiger partial charge on any atom is 0.255 e. The molecule has 5 rings (SSSR count). The minimum atomic E-state index is -0.641. The van der Waals surface area contributed by atoms with Crippen molar-refractivity contribution in [3.8, 4) is 27.4 Å². The molecule has 0 aliphatic carbocycles. The van der Waals surface area contributed by atoms with Crippen LogP contribution in [-0.4, -0.2) is 45.8 Å². The lowest BCUT2D eigenvalue weighted by molar-refractivity contribution is 0.164. The van der Waals surface area contributed by atoms with Gasteiger partial charge in [-0.1, -0.05) is 18.2 Å². The van der Waals surface area contributed by atoms with E-state index in [0.29, 0.717) is 28.2 Å². The number of piperidine rings is 1. The second-order valence-electron chi connectivity index (χ2n) is 9.56. The number of nitrogens with zero attached hydrogens (tertiary/aromatic N) is 3. The van der Waals surface area contributed by atoms with Crippen molar-refractivity contribution in [2.45, 2.75) is 32.6 Å². The lowest BCUT2D eigenvalue weighted by Crippen LogP contribution is -2.34. The molecule has 192 valence electrons. The van der Waals surface area contributed by atoms with Gasteiger partial charge in [-0.3, -0.25) is 9.36 Å². The molecule has 0 spiro atoms. The van der Waals surface area contributed by atoms with Crippen molar-refractivity contribution in [3.63, 3.8) is 0 Å². The van der Waals surface area contributed by atoms with Crippen molar-refractivity contribution in [2.75, 3.05) is 26.2 Å². The summed E-state index contributed by atoms with van der Waals surface area (Å²) in [5.74, 6) is -1.06. The van der Waals surface area contributed by atoms with Crippen LogP contribution in [0.25, 0.3) is 27.4 Å². The van der Waals surface area contributed by atoms with Crippen LogP contribution in [0.5, 0.6) is 0 Å². The molecule has 1 aliphatic rings. The predicted octanol–water partition coefficient (Wildman–Crippen LogP) is 5.69. The third-order valence-corrected chi connectivity index (χ3v) is 8.29. The molecule has 5 nitrogen and oxygen atoms in total. The highest BCUT2D eigenvalue weighted by Gasteiger charge is 2.26. The van der Waals surface area contributed by atoms with Crippen LogP contribution in [0.15, 0.2) is 59.5 Å². The number of likely N-dealkylation sites (tertiary alicyclic amines) is 1. The van der Waals surface area contributed by atoms with Crippen molar-refractivity contribution in [1.29, 1.82) is 0 Å². The highest BCUT2D eigenvalue weighted by molar-refractivity contribution is 7.15. The third-order valence-electron chi connectivity index (χ3n) is 7.04. The van der Waals surface area contributed by atoms with E-state index in [2.05, 4.69) is 4.90 Å². The Hall–Kier alpha value is -3.20. The lowest BCUT2D eigenvalue weighted by atomic mass is 9.97. The summed E-state index contributed by atoms with van der Waals surface area (Å²) in [6, 6.07) is 12.7. The van der Waals surface area contributed by atoms with E-state index in [-0.39, 0.29) is 18.1 Å². The van der Waals surface area contributed by atoms with Crippen LogP contribution in [0.1, 0.15) is 34.9 Å². The van der Waals surface area contributed by atoms with Crippen LogP contribution < -0.4 is 5.56 Å². The molecule has 3 heterocycles. The fourth-order valence-corrected chi connectivity index (χ4v) is 6.38. The fourth-order valence-electron chi connectivity index (χ4n) is 5.10. The zero-order valence-electron chi connectivity index (χ0n) is 20.9. The quantitative estimate of drug-likeness (QED) is 0.354. The molecule has 1 aliphatic heterocycles. The summed E-state index contributed by atoms with van der Waals surface area (Å²) in [5.41, 5.74) is 4.17. The van der Waals surface area contributed by atoms with E-state index in [1.807, 2.05) is 32.0 Å². The topological polar surface area (TPSA) is 58.4 Å². The average molecular weight is 522 g/mol. The molecule has 8 heteroatoms. The number of halogens is 2. The Kier molecular flexibility index (Phi) is 7.33. The largest absolute Gasteiger partial charge is 0.395 e. The standard InChI is InChI=1S/C29H29F2N3O2S/c1-18-4-3-5-19(2)27(18)34-17-21(6-9-25(34)36)26-28(23-8-7-22(30)16-24(23)31)37-29(32-26)20-10-12-33(13-11-20)14-15-35/h3-9,16-17,20,35H,10-15H2,1-2H3. The monoisotopic (exact) mass is 521 g/mol. The second-order valence-corrected chi connectivity index (χ2v) is 10.6. The van der Waals surface area contributed by atoms with E-state index in [1.165, 1.54) is 29.5 Å². The highest BCUT2D eigenvalue weighted by Crippen LogP contribution is 2.42. The summed E-state index contributed by atoms with van der Waals surface area (Å²) in [5, 5.41) is 10.2. The van der Waals surface area contributed by atoms with Gasteiger partial charge in [0.25, 0.3) is 5.56 Å². The van der Waals surface area contributed by atoms with Crippen molar-refractivity contribution >= 4 is 11.3 Å². The van der Waals surface area contributed by atoms with E-state index >= 15 is 0 Å². The molecule has 1 fully saturated rings. The summed E-state index contributed by atoms with van der Waals surface area (Å²) < 4.78 is 30.3. The molecule has 0 unspecified atom stereocenters. The van der Waals surface area contributed by atoms with Crippen molar-refractivity contribution in [2.24, 2.45) is 0 Å². The smallest absolute Gasteiger partial charge is 0.255 e. The van der Waals surface area contributed by atoms with Gasteiger partial charge >= 0.3 is 0 Å². The summed E-state index contributed by atoms with van der Waals surface area (Å²) >= 11 is 1.43. The number of aliphatic hydroxyl groups excluding tert-OH is 1. The Morgan fingerprint density at radius 3 is 2.46 bits per heavy atom. The van der Waals surface area contributed by atoms with Gasteiger partial charge in [-0.2, -0.15) is 0 Å². The van der Waals surface area contributed by atoms with Crippen LogP contribution in [0.2, 0.25) is 0 Å². The number of thiazole rings is 1. The molecule has 1 saturated heterocycles. The van der Waals surface area contributed by atoms with Crippen LogP contribution in [0.3, 0.4) is 0 Å². The number of benzene rings is 2. The molecule has 37 heavy (non-hydrogen) atoms. The highest BCUT2D eigenvalue weighted by atomic mass is 32.1. The SMILES string of the molecule is Cc1cccc(C)c1-n1cc(-c2nc(C3CCN(CCO)CC3)sc2-c2ccc(F)cc2F)ccc1=O. The Labute approximate surface area is 218 Å². The van der Waals surface area contributed by atoms with Crippen LogP contribution in [-0.2, 0) is 0 Å². The van der Waals surface area contributed by atoms with Crippen LogP contribution in [0.4, 0.5) is 8.78 Å². The Balaban J connectivity index is 1.62. The number of β-amino-alcohol motifs (C(OH)–C–C–N with tert-alkyl or cyclic N) is 1. The Bertz CT molecular complexity index is 1470. The van der Waals surface area contributed by atoms with Gasteiger partial charge in [-0.15, -0.1) is 11.3 Å². The molecule has 2 aromatic carbocycles. The molecule has 1 N–H and O–H groups in total. The van der Waals surface area contributed by atoms with Crippen molar-refractivity contribution in [1.82, 2.24) is 14.5 Å². The second kappa shape index (κ2) is 10.7. The normalized spacial score (nSPS) is 14.8. The number of pyridine rings is 1. The van der Waals surface area contributed by atoms with Gasteiger partial charge in [0.2, 0.25) is 0 Å². The number of hydrogen-bond acceptors (Lipinski definition) is 5. The number of para-hydroxylation sites is 1. The third kappa shape index (κ3) is 5.14. The van der Waals surface area contributed by atoms with Crippen molar-refractivity contribution in [3.05, 3.63) is 92.9 Å². The van der Waals surface area contributed by atoms with E-state index in [4.69, 9.17) is 4.98 Å². The van der Waals surface area contributed by atoms with Gasteiger partial charge in [-0.25, -0.2) is 13.8 Å². The summed E-state index contributed by atoms with van der Waals surface area (Å²) in [6.07, 6.45) is 3.55. The van der Waals surface area contributed by atoms with E-state index in [0.717, 1.165) is 53.8 Å². The zero-order valence-corrected chi connectivity index (χ0v) is 21.7. The summed E-state index contributed by atoms with van der Waals surface area (Å²) in [6.45, 7) is 6.43. The summed E-state index contributed by atoms with van der Waals surface area (Å²) in [4.78, 5) is 20.8. The van der Waals surface area contributed by atoms with E-state index in [1.54, 1.807) is 16.8 Å². The van der Waals surface area contributed by atoms with E-state index < -0.39 is 11.6 Å². The molecule has 0 atom stereocenters. The maximum absolute atomic E-state index is 15.0. The molecule has 0 amide bonds. The van der Waals surface area contributed by atoms with Crippen molar-refractivity contribution < 1.29 is 13.9 Å². The molecular formula is C29H29F2N3O2S. The molecule has 0 radical (unpaired) electrons. The van der Waals surface area contributed by atoms with Gasteiger partial charge in [0.05, 0.1) is 27.9 Å². The molecule has 0 saturated carbocycles. The van der Waals surface area contributed by atoms with E-state index in [9.17, 15) is 18.7 Å². The maximum atomic E-state index is 15.0. The lowest BCUT2D eigenvalue weighted by Gasteiger charge is -2.30. The first-order valence-electron chi connectivity index (χ1n) is 12.4. The number of hydrogen-bond donors (Lipinski definition) is 1. The predicted molar refractivity (Wildman–Crippen MR) is 143 cm³/mol. The Morgan fingerprint density at radius 2 is 1.78 bits per heavy atom.